The summed E-state index contributed by atoms with van der Waals surface area (Å²) in [4.78, 5) is 19.8. The van der Waals surface area contributed by atoms with Gasteiger partial charge in [0.1, 0.15) is 5.82 Å². The van der Waals surface area contributed by atoms with Crippen molar-refractivity contribution < 1.29 is 23.4 Å². The summed E-state index contributed by atoms with van der Waals surface area (Å²) in [5.74, 6) is 0.0658. The molecule has 4 aromatic rings. The van der Waals surface area contributed by atoms with Gasteiger partial charge in [-0.25, -0.2) is 4.39 Å². The van der Waals surface area contributed by atoms with E-state index in [2.05, 4.69) is 15.0 Å². The number of aromatic nitrogens is 3. The van der Waals surface area contributed by atoms with Crippen LogP contribution in [0.25, 0.3) is 16.5 Å². The molecule has 1 aliphatic rings. The Bertz CT molecular complexity index is 1260. The number of furan rings is 1. The van der Waals surface area contributed by atoms with E-state index in [0.717, 1.165) is 0 Å². The lowest BCUT2D eigenvalue weighted by Gasteiger charge is -2.36. The minimum absolute atomic E-state index is 0.0823. The summed E-state index contributed by atoms with van der Waals surface area (Å²) in [5.41, 5.74) is 0.457. The number of ether oxygens (including phenoxy) is 1. The smallest absolute Gasteiger partial charge is 0.309 e. The summed E-state index contributed by atoms with van der Waals surface area (Å²) in [5, 5.41) is 15.5. The molecule has 33 heavy (non-hydrogen) atoms. The molecule has 0 amide bonds. The number of piperidine rings is 1. The summed E-state index contributed by atoms with van der Waals surface area (Å²) < 4.78 is 26.8. The Hall–Kier alpha value is -3.24. The molecule has 10 heteroatoms. The van der Waals surface area contributed by atoms with Crippen molar-refractivity contribution in [2.24, 2.45) is 5.92 Å². The van der Waals surface area contributed by atoms with Crippen molar-refractivity contribution in [3.63, 3.8) is 0 Å². The Labute approximate surface area is 193 Å². The molecule has 8 nitrogen and oxygen atoms in total. The number of aromatic hydroxyl groups is 1. The first kappa shape index (κ1) is 21.6. The van der Waals surface area contributed by atoms with Crippen molar-refractivity contribution in [3.8, 4) is 17.5 Å². The zero-order chi connectivity index (χ0) is 22.9. The van der Waals surface area contributed by atoms with Crippen LogP contribution in [0.3, 0.4) is 0 Å². The van der Waals surface area contributed by atoms with Gasteiger partial charge >= 0.3 is 5.97 Å². The molecule has 5 rings (SSSR count). The zero-order valence-corrected chi connectivity index (χ0v) is 18.8. The van der Waals surface area contributed by atoms with Crippen LogP contribution in [0.1, 0.15) is 36.2 Å². The fraction of sp³-hybridized carbons (Fsp3) is 0.348. The van der Waals surface area contributed by atoms with E-state index in [4.69, 9.17) is 9.15 Å². The second kappa shape index (κ2) is 8.95. The largest absolute Gasteiger partial charge is 0.492 e. The van der Waals surface area contributed by atoms with Crippen LogP contribution in [-0.2, 0) is 9.53 Å². The molecule has 4 heterocycles. The highest BCUT2D eigenvalue weighted by molar-refractivity contribution is 7.17. The van der Waals surface area contributed by atoms with Gasteiger partial charge in [-0.2, -0.15) is 9.50 Å². The number of hydrogen-bond donors (Lipinski definition) is 1. The molecule has 0 saturated carbocycles. The van der Waals surface area contributed by atoms with Crippen LogP contribution >= 0.6 is 11.3 Å². The number of fused-ring (bicyclic) bond motifs is 1. The van der Waals surface area contributed by atoms with Crippen LogP contribution in [0.4, 0.5) is 4.39 Å². The molecular formula is C23H23FN4O4S. The Morgan fingerprint density at radius 2 is 2.09 bits per heavy atom. The number of benzene rings is 1. The van der Waals surface area contributed by atoms with E-state index in [9.17, 15) is 14.3 Å². The molecule has 1 saturated heterocycles. The normalized spacial score (nSPS) is 16.3. The number of halogens is 1. The van der Waals surface area contributed by atoms with Crippen LogP contribution in [0.2, 0.25) is 0 Å². The summed E-state index contributed by atoms with van der Waals surface area (Å²) in [6.45, 7) is 3.27. The molecular weight excluding hydrogens is 447 g/mol. The first-order valence-corrected chi connectivity index (χ1v) is 11.7. The van der Waals surface area contributed by atoms with Crippen molar-refractivity contribution >= 4 is 22.3 Å². The highest BCUT2D eigenvalue weighted by Crippen LogP contribution is 2.42. The van der Waals surface area contributed by atoms with E-state index >= 15 is 0 Å². The number of rotatable bonds is 6. The second-order valence-electron chi connectivity index (χ2n) is 7.88. The quantitative estimate of drug-likeness (QED) is 0.421. The molecule has 0 bridgehead atoms. The first-order chi connectivity index (χ1) is 16.1. The number of thiazole rings is 1. The maximum absolute atomic E-state index is 14.9. The van der Waals surface area contributed by atoms with Crippen molar-refractivity contribution in [3.05, 3.63) is 58.9 Å². The number of esters is 1. The highest BCUT2D eigenvalue weighted by Gasteiger charge is 2.35. The van der Waals surface area contributed by atoms with Gasteiger partial charge in [0.25, 0.3) is 0 Å². The van der Waals surface area contributed by atoms with Gasteiger partial charge in [0.15, 0.2) is 5.76 Å². The minimum Gasteiger partial charge on any atom is -0.492 e. The summed E-state index contributed by atoms with van der Waals surface area (Å²) >= 11 is 1.26. The summed E-state index contributed by atoms with van der Waals surface area (Å²) in [6.07, 6.45) is 2.74. The van der Waals surface area contributed by atoms with Crippen LogP contribution in [0, 0.1) is 11.7 Å². The first-order valence-electron chi connectivity index (χ1n) is 10.8. The molecule has 1 aromatic carbocycles. The second-order valence-corrected chi connectivity index (χ2v) is 8.89. The van der Waals surface area contributed by atoms with E-state index in [1.165, 1.54) is 28.2 Å². The Morgan fingerprint density at radius 1 is 1.30 bits per heavy atom. The Balaban J connectivity index is 1.50. The molecule has 1 N–H and O–H groups in total. The van der Waals surface area contributed by atoms with Crippen LogP contribution in [0.15, 0.2) is 47.1 Å². The fourth-order valence-electron chi connectivity index (χ4n) is 4.29. The molecule has 0 radical (unpaired) electrons. The van der Waals surface area contributed by atoms with Gasteiger partial charge in [-0.3, -0.25) is 9.69 Å². The monoisotopic (exact) mass is 470 g/mol. The van der Waals surface area contributed by atoms with Gasteiger partial charge in [-0.05, 0) is 51.1 Å². The predicted octanol–water partition coefficient (Wildman–Crippen LogP) is 4.26. The zero-order valence-electron chi connectivity index (χ0n) is 18.0. The van der Waals surface area contributed by atoms with Gasteiger partial charge in [0.05, 0.1) is 29.7 Å². The number of carbonyl (C=O) groups is 1. The van der Waals surface area contributed by atoms with Gasteiger partial charge in [0, 0.05) is 5.56 Å². The lowest BCUT2D eigenvalue weighted by Crippen LogP contribution is -2.39. The minimum atomic E-state index is -0.532. The van der Waals surface area contributed by atoms with E-state index < -0.39 is 6.04 Å². The van der Waals surface area contributed by atoms with Crippen LogP contribution in [0.5, 0.6) is 5.88 Å². The number of hydrogen-bond acceptors (Lipinski definition) is 8. The van der Waals surface area contributed by atoms with Crippen molar-refractivity contribution in [1.82, 2.24) is 19.5 Å². The van der Waals surface area contributed by atoms with Gasteiger partial charge in [-0.1, -0.05) is 29.5 Å². The number of nitrogens with zero attached hydrogens (tertiary/aromatic N) is 4. The lowest BCUT2D eigenvalue weighted by molar-refractivity contribution is -0.149. The number of carbonyl (C=O) groups excluding carboxylic acids is 1. The Kier molecular flexibility index (Phi) is 5.86. The van der Waals surface area contributed by atoms with Crippen molar-refractivity contribution in [2.75, 3.05) is 19.7 Å². The summed E-state index contributed by atoms with van der Waals surface area (Å²) in [6, 6.07) is 9.51. The molecule has 172 valence electrons. The Morgan fingerprint density at radius 3 is 2.76 bits per heavy atom. The van der Waals surface area contributed by atoms with Crippen molar-refractivity contribution in [2.45, 2.75) is 25.8 Å². The van der Waals surface area contributed by atoms with Gasteiger partial charge in [0.2, 0.25) is 16.7 Å². The maximum Gasteiger partial charge on any atom is 0.309 e. The summed E-state index contributed by atoms with van der Waals surface area (Å²) in [7, 11) is 0. The van der Waals surface area contributed by atoms with Crippen molar-refractivity contribution in [1.29, 1.82) is 0 Å². The third-order valence-electron chi connectivity index (χ3n) is 5.90. The van der Waals surface area contributed by atoms with E-state index in [1.54, 1.807) is 37.3 Å². The topological polar surface area (TPSA) is 93.1 Å². The fourth-order valence-corrected chi connectivity index (χ4v) is 5.40. The maximum atomic E-state index is 14.9. The third kappa shape index (κ3) is 4.00. The SMILES string of the molecule is CCOC(=O)C1CCN([C@@H](c2ccccc2F)c2sc3nc(-c4ccco4)nn3c2O)CC1. The standard InChI is InChI=1S/C23H23FN4O4S/c1-2-31-22(30)14-9-11-27(12-10-14)18(15-6-3-4-7-16(15)24)19-21(29)28-23(33-19)25-20(26-28)17-8-5-13-32-17/h3-8,13-14,18,29H,2,9-12H2,1H3/t18-/m0/s1. The van der Waals surface area contributed by atoms with Crippen LogP contribution < -0.4 is 0 Å². The molecule has 1 atom stereocenters. The van der Waals surface area contributed by atoms with Gasteiger partial charge < -0.3 is 14.3 Å². The predicted molar refractivity (Wildman–Crippen MR) is 119 cm³/mol. The van der Waals surface area contributed by atoms with Crippen LogP contribution in [-0.4, -0.2) is 50.3 Å². The highest BCUT2D eigenvalue weighted by atomic mass is 32.1. The molecule has 0 spiro atoms. The average molecular weight is 471 g/mol. The molecule has 0 unspecified atom stereocenters. The molecule has 1 fully saturated rings. The third-order valence-corrected chi connectivity index (χ3v) is 6.98. The average Bonchev–Trinajstić information content (AvgIpc) is 3.55. The lowest BCUT2D eigenvalue weighted by atomic mass is 9.93. The van der Waals surface area contributed by atoms with E-state index in [0.29, 0.717) is 59.5 Å². The molecule has 3 aromatic heterocycles. The molecule has 0 aliphatic carbocycles. The molecule has 1 aliphatic heterocycles. The van der Waals surface area contributed by atoms with Gasteiger partial charge in [-0.15, -0.1) is 5.10 Å². The number of likely N-dealkylation sites (tertiary alicyclic amines) is 1. The van der Waals surface area contributed by atoms with E-state index in [-0.39, 0.29) is 23.6 Å². The van der Waals surface area contributed by atoms with E-state index in [1.807, 2.05) is 0 Å².